The molecule has 1 aromatic rings. The van der Waals surface area contributed by atoms with Gasteiger partial charge in [0.15, 0.2) is 0 Å². The Balaban J connectivity index is 1.90. The summed E-state index contributed by atoms with van der Waals surface area (Å²) in [6.07, 6.45) is 4.61. The van der Waals surface area contributed by atoms with E-state index in [-0.39, 0.29) is 6.03 Å². The van der Waals surface area contributed by atoms with Crippen LogP contribution in [0.3, 0.4) is 0 Å². The molecule has 0 spiro atoms. The van der Waals surface area contributed by atoms with Crippen LogP contribution < -0.4 is 10.2 Å². The standard InChI is InChI=1S/C13H15ClN2O/c14-9-5-7-10(8-6-9)16-12-4-2-1-3-11(12)15-13(16)17/h5-8,11-12H,1-4H2,(H,15,17). The summed E-state index contributed by atoms with van der Waals surface area (Å²) in [4.78, 5) is 13.9. The second kappa shape index (κ2) is 4.22. The molecule has 1 saturated heterocycles. The molecule has 90 valence electrons. The minimum atomic E-state index is 0.0317. The number of urea groups is 1. The second-order valence-corrected chi connectivity index (χ2v) is 5.19. The molecule has 0 bridgehead atoms. The van der Waals surface area contributed by atoms with E-state index in [4.69, 9.17) is 11.6 Å². The van der Waals surface area contributed by atoms with E-state index >= 15 is 0 Å². The fraction of sp³-hybridized carbons (Fsp3) is 0.462. The quantitative estimate of drug-likeness (QED) is 0.816. The van der Waals surface area contributed by atoms with Crippen molar-refractivity contribution in [3.63, 3.8) is 0 Å². The number of nitrogens with zero attached hydrogens (tertiary/aromatic N) is 1. The Morgan fingerprint density at radius 1 is 1.18 bits per heavy atom. The molecule has 1 aliphatic carbocycles. The molecule has 1 aliphatic heterocycles. The van der Waals surface area contributed by atoms with Gasteiger partial charge in [-0.15, -0.1) is 0 Å². The van der Waals surface area contributed by atoms with Crippen molar-refractivity contribution in [2.75, 3.05) is 4.90 Å². The Morgan fingerprint density at radius 3 is 2.65 bits per heavy atom. The predicted molar refractivity (Wildman–Crippen MR) is 68.5 cm³/mol. The molecule has 2 atom stereocenters. The SMILES string of the molecule is O=C1NC2CCCCC2N1c1ccc(Cl)cc1. The average Bonchev–Trinajstić information content (AvgIpc) is 2.66. The molecule has 2 amide bonds. The summed E-state index contributed by atoms with van der Waals surface area (Å²) in [5.41, 5.74) is 0.946. The molecule has 1 heterocycles. The van der Waals surface area contributed by atoms with Crippen LogP contribution in [0.4, 0.5) is 10.5 Å². The van der Waals surface area contributed by atoms with Gasteiger partial charge in [0.1, 0.15) is 0 Å². The van der Waals surface area contributed by atoms with Crippen LogP contribution in [0.25, 0.3) is 0 Å². The lowest BCUT2D eigenvalue weighted by Gasteiger charge is -2.29. The largest absolute Gasteiger partial charge is 0.333 e. The van der Waals surface area contributed by atoms with Gasteiger partial charge in [0.2, 0.25) is 0 Å². The molecule has 3 rings (SSSR count). The molecule has 2 aliphatic rings. The molecule has 1 saturated carbocycles. The summed E-state index contributed by atoms with van der Waals surface area (Å²) >= 11 is 5.87. The lowest BCUT2D eigenvalue weighted by molar-refractivity contribution is 0.250. The topological polar surface area (TPSA) is 32.3 Å². The third-order valence-corrected chi connectivity index (χ3v) is 3.95. The normalized spacial score (nSPS) is 27.8. The van der Waals surface area contributed by atoms with E-state index in [1.54, 1.807) is 0 Å². The lowest BCUT2D eigenvalue weighted by Crippen LogP contribution is -2.39. The minimum Gasteiger partial charge on any atom is -0.333 e. The second-order valence-electron chi connectivity index (χ2n) is 4.75. The Morgan fingerprint density at radius 2 is 1.88 bits per heavy atom. The number of nitrogens with one attached hydrogen (secondary N) is 1. The third kappa shape index (κ3) is 1.89. The molecule has 2 fully saturated rings. The number of carbonyl (C=O) groups is 1. The number of benzene rings is 1. The van der Waals surface area contributed by atoms with Crippen molar-refractivity contribution in [1.29, 1.82) is 0 Å². The van der Waals surface area contributed by atoms with Gasteiger partial charge >= 0.3 is 6.03 Å². The zero-order chi connectivity index (χ0) is 11.8. The van der Waals surface area contributed by atoms with Gasteiger partial charge in [0, 0.05) is 10.7 Å². The highest BCUT2D eigenvalue weighted by molar-refractivity contribution is 6.30. The Labute approximate surface area is 106 Å². The van der Waals surface area contributed by atoms with Crippen molar-refractivity contribution in [3.8, 4) is 0 Å². The maximum absolute atomic E-state index is 12.0. The van der Waals surface area contributed by atoms with Gasteiger partial charge in [-0.05, 0) is 37.1 Å². The van der Waals surface area contributed by atoms with Gasteiger partial charge in [-0.1, -0.05) is 24.4 Å². The fourth-order valence-electron chi connectivity index (χ4n) is 2.88. The number of carbonyl (C=O) groups excluding carboxylic acids is 1. The Hall–Kier alpha value is -1.22. The third-order valence-electron chi connectivity index (χ3n) is 3.69. The molecule has 3 nitrogen and oxygen atoms in total. The van der Waals surface area contributed by atoms with E-state index < -0.39 is 0 Å². The van der Waals surface area contributed by atoms with Crippen LogP contribution >= 0.6 is 11.6 Å². The van der Waals surface area contributed by atoms with E-state index in [1.165, 1.54) is 12.8 Å². The van der Waals surface area contributed by atoms with Crippen LogP contribution in [-0.2, 0) is 0 Å². The van der Waals surface area contributed by atoms with Crippen LogP contribution in [0.1, 0.15) is 25.7 Å². The van der Waals surface area contributed by atoms with Crippen molar-refractivity contribution in [2.45, 2.75) is 37.8 Å². The van der Waals surface area contributed by atoms with Crippen LogP contribution in [0.15, 0.2) is 24.3 Å². The van der Waals surface area contributed by atoms with Crippen LogP contribution in [0.2, 0.25) is 5.02 Å². The molecule has 1 N–H and O–H groups in total. The van der Waals surface area contributed by atoms with E-state index in [9.17, 15) is 4.79 Å². The first-order valence-corrected chi connectivity index (χ1v) is 6.49. The Kier molecular flexibility index (Phi) is 2.71. The summed E-state index contributed by atoms with van der Waals surface area (Å²) in [6.45, 7) is 0. The van der Waals surface area contributed by atoms with Gasteiger partial charge in [0.05, 0.1) is 12.1 Å². The zero-order valence-corrected chi connectivity index (χ0v) is 10.3. The number of halogens is 1. The first-order valence-electron chi connectivity index (χ1n) is 6.11. The number of anilines is 1. The van der Waals surface area contributed by atoms with E-state index in [0.717, 1.165) is 18.5 Å². The van der Waals surface area contributed by atoms with Gasteiger partial charge in [-0.25, -0.2) is 4.79 Å². The highest BCUT2D eigenvalue weighted by Gasteiger charge is 2.41. The summed E-state index contributed by atoms with van der Waals surface area (Å²) in [6, 6.07) is 8.17. The molecule has 2 unspecified atom stereocenters. The minimum absolute atomic E-state index is 0.0317. The maximum atomic E-state index is 12.0. The molecule has 0 aromatic heterocycles. The maximum Gasteiger partial charge on any atom is 0.322 e. The molecular formula is C13H15ClN2O. The van der Waals surface area contributed by atoms with Crippen molar-refractivity contribution < 1.29 is 4.79 Å². The van der Waals surface area contributed by atoms with Crippen molar-refractivity contribution >= 4 is 23.3 Å². The molecule has 0 radical (unpaired) electrons. The summed E-state index contributed by atoms with van der Waals surface area (Å²) in [5.74, 6) is 0. The Bertz CT molecular complexity index is 432. The van der Waals surface area contributed by atoms with Crippen LogP contribution in [-0.4, -0.2) is 18.1 Å². The first kappa shape index (κ1) is 10.9. The number of rotatable bonds is 1. The van der Waals surface area contributed by atoms with Crippen molar-refractivity contribution in [1.82, 2.24) is 5.32 Å². The van der Waals surface area contributed by atoms with Gasteiger partial charge < -0.3 is 5.32 Å². The lowest BCUT2D eigenvalue weighted by atomic mass is 9.91. The number of fused-ring (bicyclic) bond motifs is 1. The van der Waals surface area contributed by atoms with Gasteiger partial charge in [-0.3, -0.25) is 4.90 Å². The van der Waals surface area contributed by atoms with E-state index in [1.807, 2.05) is 29.2 Å². The van der Waals surface area contributed by atoms with Crippen LogP contribution in [0, 0.1) is 0 Å². The number of amides is 2. The smallest absolute Gasteiger partial charge is 0.322 e. The molecule has 4 heteroatoms. The highest BCUT2D eigenvalue weighted by atomic mass is 35.5. The first-order chi connectivity index (χ1) is 8.25. The number of hydrogen-bond acceptors (Lipinski definition) is 1. The van der Waals surface area contributed by atoms with Crippen molar-refractivity contribution in [3.05, 3.63) is 29.3 Å². The van der Waals surface area contributed by atoms with Crippen molar-refractivity contribution in [2.24, 2.45) is 0 Å². The van der Waals surface area contributed by atoms with Gasteiger partial charge in [0.25, 0.3) is 0 Å². The molecule has 17 heavy (non-hydrogen) atoms. The fourth-order valence-corrected chi connectivity index (χ4v) is 3.00. The summed E-state index contributed by atoms with van der Waals surface area (Å²) in [7, 11) is 0. The molecular weight excluding hydrogens is 236 g/mol. The van der Waals surface area contributed by atoms with E-state index in [2.05, 4.69) is 5.32 Å². The number of hydrogen-bond donors (Lipinski definition) is 1. The monoisotopic (exact) mass is 250 g/mol. The van der Waals surface area contributed by atoms with Gasteiger partial charge in [-0.2, -0.15) is 0 Å². The highest BCUT2D eigenvalue weighted by Crippen LogP contribution is 2.32. The molecule has 1 aromatic carbocycles. The zero-order valence-electron chi connectivity index (χ0n) is 9.53. The summed E-state index contributed by atoms with van der Waals surface area (Å²) < 4.78 is 0. The average molecular weight is 251 g/mol. The summed E-state index contributed by atoms with van der Waals surface area (Å²) in [5, 5.41) is 3.78. The van der Waals surface area contributed by atoms with Crippen LogP contribution in [0.5, 0.6) is 0 Å². The van der Waals surface area contributed by atoms with E-state index in [0.29, 0.717) is 17.1 Å². The predicted octanol–water partition coefficient (Wildman–Crippen LogP) is 3.18.